The van der Waals surface area contributed by atoms with Crippen LogP contribution in [0.5, 0.6) is 0 Å². The topological polar surface area (TPSA) is 17.8 Å². The maximum absolute atomic E-state index is 6.70. The van der Waals surface area contributed by atoms with E-state index in [1.54, 1.807) is 0 Å². The molecule has 2 aromatic carbocycles. The number of pyridine rings is 1. The van der Waals surface area contributed by atoms with E-state index in [4.69, 9.17) is 11.6 Å². The van der Waals surface area contributed by atoms with Crippen molar-refractivity contribution < 1.29 is 0 Å². The average Bonchev–Trinajstić information content (AvgIpc) is 3.25. The molecule has 0 N–H and O–H groups in total. The molecule has 0 aliphatic heterocycles. The largest absolute Gasteiger partial charge is 0.294 e. The lowest BCUT2D eigenvalue weighted by atomic mass is 9.61. The molecule has 0 bridgehead atoms. The molecule has 0 amide bonds. The van der Waals surface area contributed by atoms with Crippen molar-refractivity contribution in [2.75, 3.05) is 0 Å². The Labute approximate surface area is 169 Å². The van der Waals surface area contributed by atoms with Gasteiger partial charge >= 0.3 is 0 Å². The van der Waals surface area contributed by atoms with Crippen LogP contribution in [0.4, 0.5) is 0 Å². The molecule has 1 spiro atoms. The Morgan fingerprint density at radius 3 is 2.57 bits per heavy atom. The van der Waals surface area contributed by atoms with Gasteiger partial charge in [0.1, 0.15) is 5.82 Å². The van der Waals surface area contributed by atoms with Gasteiger partial charge in [0.15, 0.2) is 0 Å². The number of allylic oxidation sites excluding steroid dienone is 1. The summed E-state index contributed by atoms with van der Waals surface area (Å²) < 4.78 is 2.31. The van der Waals surface area contributed by atoms with E-state index in [9.17, 15) is 0 Å². The average molecular weight is 383 g/mol. The fraction of sp³-hybridized carbons (Fsp3) is 0.160. The Kier molecular flexibility index (Phi) is 3.36. The van der Waals surface area contributed by atoms with Crippen LogP contribution in [0.25, 0.3) is 28.4 Å². The molecule has 4 aromatic rings. The monoisotopic (exact) mass is 382 g/mol. The van der Waals surface area contributed by atoms with Crippen LogP contribution in [0, 0.1) is 0 Å². The van der Waals surface area contributed by atoms with Gasteiger partial charge in [-0.25, -0.2) is 4.98 Å². The van der Waals surface area contributed by atoms with Crippen LogP contribution in [-0.4, -0.2) is 9.55 Å². The van der Waals surface area contributed by atoms with Crippen molar-refractivity contribution in [1.29, 1.82) is 0 Å². The van der Waals surface area contributed by atoms with Gasteiger partial charge in [0.25, 0.3) is 0 Å². The summed E-state index contributed by atoms with van der Waals surface area (Å²) >= 11 is 6.70. The number of hydrogen-bond acceptors (Lipinski definition) is 1. The number of nitrogens with zero attached hydrogens (tertiary/aromatic N) is 2. The molecule has 2 aliphatic rings. The molecule has 2 aromatic heterocycles. The van der Waals surface area contributed by atoms with E-state index in [-0.39, 0.29) is 5.41 Å². The van der Waals surface area contributed by atoms with Gasteiger partial charge in [-0.15, -0.1) is 0 Å². The van der Waals surface area contributed by atoms with E-state index in [0.717, 1.165) is 23.7 Å². The lowest BCUT2D eigenvalue weighted by molar-refractivity contribution is 0.331. The van der Waals surface area contributed by atoms with Gasteiger partial charge in [0.05, 0.1) is 11.2 Å². The summed E-state index contributed by atoms with van der Waals surface area (Å²) in [5.41, 5.74) is 6.41. The Balaban J connectivity index is 1.66. The van der Waals surface area contributed by atoms with E-state index >= 15 is 0 Å². The van der Waals surface area contributed by atoms with Crippen molar-refractivity contribution in [3.8, 4) is 5.82 Å². The first-order valence-electron chi connectivity index (χ1n) is 9.81. The van der Waals surface area contributed by atoms with Crippen molar-refractivity contribution in [1.82, 2.24) is 9.55 Å². The molecule has 0 saturated heterocycles. The Bertz CT molecular complexity index is 1250. The normalized spacial score (nSPS) is 16.8. The summed E-state index contributed by atoms with van der Waals surface area (Å²) in [5, 5.41) is 2.13. The number of rotatable bonds is 2. The second-order valence-corrected chi connectivity index (χ2v) is 8.22. The predicted octanol–water partition coefficient (Wildman–Crippen LogP) is 6.65. The van der Waals surface area contributed by atoms with Gasteiger partial charge in [-0.1, -0.05) is 54.4 Å². The molecule has 0 atom stereocenters. The molecule has 1 fully saturated rings. The number of aromatic nitrogens is 2. The fourth-order valence-corrected chi connectivity index (χ4v) is 5.41. The molecule has 136 valence electrons. The summed E-state index contributed by atoms with van der Waals surface area (Å²) in [6.45, 7) is 0. The molecular weight excluding hydrogens is 364 g/mol. The first kappa shape index (κ1) is 16.1. The summed E-state index contributed by atoms with van der Waals surface area (Å²) in [6, 6.07) is 23.3. The number of halogens is 1. The summed E-state index contributed by atoms with van der Waals surface area (Å²) in [6.07, 6.45) is 7.76. The molecule has 1 saturated carbocycles. The third-order valence-electron chi connectivity index (χ3n) is 6.41. The van der Waals surface area contributed by atoms with Gasteiger partial charge in [-0.3, -0.25) is 4.57 Å². The van der Waals surface area contributed by atoms with E-state index in [2.05, 4.69) is 70.2 Å². The maximum atomic E-state index is 6.70. The van der Waals surface area contributed by atoms with E-state index < -0.39 is 0 Å². The molecule has 2 aliphatic carbocycles. The van der Waals surface area contributed by atoms with Crippen LogP contribution in [-0.2, 0) is 5.41 Å². The minimum Gasteiger partial charge on any atom is -0.294 e. The van der Waals surface area contributed by atoms with Crippen LogP contribution >= 0.6 is 11.6 Å². The van der Waals surface area contributed by atoms with Crippen LogP contribution in [0.15, 0.2) is 72.9 Å². The zero-order valence-electron chi connectivity index (χ0n) is 15.4. The van der Waals surface area contributed by atoms with Crippen molar-refractivity contribution in [2.45, 2.75) is 24.7 Å². The Hall–Kier alpha value is -2.84. The van der Waals surface area contributed by atoms with E-state index in [1.165, 1.54) is 39.7 Å². The van der Waals surface area contributed by atoms with E-state index in [1.807, 2.05) is 18.3 Å². The third kappa shape index (κ3) is 2.07. The number of fused-ring (bicyclic) bond motifs is 3. The zero-order chi connectivity index (χ0) is 18.7. The van der Waals surface area contributed by atoms with Crippen LogP contribution < -0.4 is 0 Å². The Morgan fingerprint density at radius 2 is 1.79 bits per heavy atom. The van der Waals surface area contributed by atoms with Crippen molar-refractivity contribution in [3.05, 3.63) is 94.8 Å². The second kappa shape index (κ2) is 5.83. The molecule has 28 heavy (non-hydrogen) atoms. The van der Waals surface area contributed by atoms with Crippen molar-refractivity contribution >= 4 is 34.2 Å². The van der Waals surface area contributed by atoms with Gasteiger partial charge in [-0.2, -0.15) is 0 Å². The fourth-order valence-electron chi connectivity index (χ4n) is 5.05. The molecule has 6 rings (SSSR count). The van der Waals surface area contributed by atoms with Crippen LogP contribution in [0.3, 0.4) is 0 Å². The molecule has 3 heteroatoms. The number of benzene rings is 2. The minimum absolute atomic E-state index is 0.0363. The quantitative estimate of drug-likeness (QED) is 0.379. The van der Waals surface area contributed by atoms with Crippen LogP contribution in [0.2, 0.25) is 5.02 Å². The summed E-state index contributed by atoms with van der Waals surface area (Å²) in [4.78, 5) is 4.67. The molecule has 2 nitrogen and oxygen atoms in total. The maximum Gasteiger partial charge on any atom is 0.137 e. The SMILES string of the molecule is Clc1cccc2c1C1(CCC1)C(c1cc3ccccc3n1-c1ccccn1)=C2. The lowest BCUT2D eigenvalue weighted by Crippen LogP contribution is -2.34. The molecular formula is C25H19ClN2. The van der Waals surface area contributed by atoms with Crippen molar-refractivity contribution in [3.63, 3.8) is 0 Å². The van der Waals surface area contributed by atoms with E-state index in [0.29, 0.717) is 0 Å². The number of para-hydroxylation sites is 1. The highest BCUT2D eigenvalue weighted by atomic mass is 35.5. The molecule has 0 unspecified atom stereocenters. The number of hydrogen-bond donors (Lipinski definition) is 0. The van der Waals surface area contributed by atoms with Gasteiger partial charge in [0.2, 0.25) is 0 Å². The zero-order valence-corrected chi connectivity index (χ0v) is 16.2. The predicted molar refractivity (Wildman–Crippen MR) is 116 cm³/mol. The smallest absolute Gasteiger partial charge is 0.137 e. The van der Waals surface area contributed by atoms with Crippen molar-refractivity contribution in [2.24, 2.45) is 0 Å². The van der Waals surface area contributed by atoms with Crippen LogP contribution in [0.1, 0.15) is 36.1 Å². The summed E-state index contributed by atoms with van der Waals surface area (Å²) in [7, 11) is 0. The lowest BCUT2D eigenvalue weighted by Gasteiger charge is -2.42. The van der Waals surface area contributed by atoms with Gasteiger partial charge in [-0.05, 0) is 65.9 Å². The first-order chi connectivity index (χ1) is 13.8. The highest BCUT2D eigenvalue weighted by Crippen LogP contribution is 2.60. The highest BCUT2D eigenvalue weighted by Gasteiger charge is 2.48. The second-order valence-electron chi connectivity index (χ2n) is 7.81. The summed E-state index contributed by atoms with van der Waals surface area (Å²) in [5.74, 6) is 0.955. The third-order valence-corrected chi connectivity index (χ3v) is 6.73. The Morgan fingerprint density at radius 1 is 0.929 bits per heavy atom. The standard InChI is InChI=1S/C25H19ClN2/c26-20-9-5-8-18-15-19(25(24(18)20)12-6-13-25)22-16-17-7-1-2-10-21(17)28(22)23-11-3-4-14-27-23/h1-5,7-11,14-16H,6,12-13H2. The highest BCUT2D eigenvalue weighted by molar-refractivity contribution is 6.32. The minimum atomic E-state index is 0.0363. The first-order valence-corrected chi connectivity index (χ1v) is 10.2. The van der Waals surface area contributed by atoms with Gasteiger partial charge in [0, 0.05) is 22.0 Å². The molecule has 2 heterocycles. The van der Waals surface area contributed by atoms with Gasteiger partial charge < -0.3 is 0 Å². The molecule has 0 radical (unpaired) electrons.